The van der Waals surface area contributed by atoms with Crippen molar-refractivity contribution in [1.82, 2.24) is 9.97 Å². The second kappa shape index (κ2) is 7.36. The first kappa shape index (κ1) is 18.1. The van der Waals surface area contributed by atoms with Gasteiger partial charge in [0, 0.05) is 16.3 Å². The molecule has 7 heteroatoms. The Morgan fingerprint density at radius 1 is 1.21 bits per heavy atom. The second-order valence-electron chi connectivity index (χ2n) is 6.41. The number of thiazole rings is 1. The maximum atomic E-state index is 12.4. The Labute approximate surface area is 165 Å². The summed E-state index contributed by atoms with van der Waals surface area (Å²) in [4.78, 5) is 19.6. The van der Waals surface area contributed by atoms with Gasteiger partial charge in [0.25, 0.3) is 0 Å². The van der Waals surface area contributed by atoms with Gasteiger partial charge in [-0.3, -0.25) is 4.79 Å². The van der Waals surface area contributed by atoms with E-state index < -0.39 is 5.91 Å². The summed E-state index contributed by atoms with van der Waals surface area (Å²) in [5, 5.41) is 21.0. The van der Waals surface area contributed by atoms with Crippen LogP contribution in [-0.4, -0.2) is 21.0 Å². The number of H-pyrrole nitrogens is 1. The molecule has 2 aromatic carbocycles. The summed E-state index contributed by atoms with van der Waals surface area (Å²) < 4.78 is 0. The van der Waals surface area contributed by atoms with E-state index in [0.29, 0.717) is 5.39 Å². The van der Waals surface area contributed by atoms with Gasteiger partial charge in [-0.15, -0.1) is 21.6 Å². The van der Waals surface area contributed by atoms with E-state index in [2.05, 4.69) is 39.3 Å². The van der Waals surface area contributed by atoms with Crippen molar-refractivity contribution in [2.45, 2.75) is 20.3 Å². The fraction of sp³-hybridized carbons (Fsp3) is 0.143. The molecule has 6 nitrogen and oxygen atoms in total. The minimum Gasteiger partial charge on any atom is -0.493 e. The lowest BCUT2D eigenvalue weighted by Crippen LogP contribution is -1.93. The molecular formula is C21H18N4O2S. The number of amides is 1. The molecule has 2 N–H and O–H groups in total. The highest BCUT2D eigenvalue weighted by atomic mass is 32.1. The molecule has 0 aliphatic carbocycles. The lowest BCUT2D eigenvalue weighted by atomic mass is 10.1. The van der Waals surface area contributed by atoms with Crippen LogP contribution in [-0.2, 0) is 6.42 Å². The summed E-state index contributed by atoms with van der Waals surface area (Å²) in [5.41, 5.74) is 4.44. The smallest absolute Gasteiger partial charge is 0.314 e. The fourth-order valence-corrected chi connectivity index (χ4v) is 3.77. The molecule has 2 heterocycles. The van der Waals surface area contributed by atoms with Gasteiger partial charge in [-0.25, -0.2) is 4.98 Å². The zero-order valence-corrected chi connectivity index (χ0v) is 16.2. The van der Waals surface area contributed by atoms with Crippen LogP contribution in [0.4, 0.5) is 5.69 Å². The largest absolute Gasteiger partial charge is 0.493 e. The topological polar surface area (TPSA) is 90.7 Å². The van der Waals surface area contributed by atoms with Crippen LogP contribution in [0.25, 0.3) is 21.5 Å². The molecule has 0 bridgehead atoms. The Morgan fingerprint density at radius 2 is 2.00 bits per heavy atom. The van der Waals surface area contributed by atoms with Crippen LogP contribution < -0.4 is 0 Å². The molecule has 140 valence electrons. The highest BCUT2D eigenvalue weighted by Gasteiger charge is 2.14. The van der Waals surface area contributed by atoms with Crippen LogP contribution in [0.2, 0.25) is 0 Å². The minimum atomic E-state index is -0.547. The first-order valence-electron chi connectivity index (χ1n) is 8.88. The van der Waals surface area contributed by atoms with E-state index in [1.807, 2.05) is 37.3 Å². The zero-order chi connectivity index (χ0) is 19.7. The number of aromatic hydroxyl groups is 1. The van der Waals surface area contributed by atoms with Gasteiger partial charge in [0.1, 0.15) is 10.7 Å². The molecule has 0 aliphatic heterocycles. The summed E-state index contributed by atoms with van der Waals surface area (Å²) in [6.07, 6.45) is 0.975. The van der Waals surface area contributed by atoms with Crippen molar-refractivity contribution >= 4 is 33.8 Å². The zero-order valence-electron chi connectivity index (χ0n) is 15.4. The number of nitrogens with zero attached hydrogens (tertiary/aromatic N) is 3. The van der Waals surface area contributed by atoms with E-state index in [1.165, 1.54) is 16.9 Å². The number of benzene rings is 2. The van der Waals surface area contributed by atoms with Crippen LogP contribution >= 0.6 is 11.3 Å². The number of carbonyl (C=O) groups excluding carboxylic acids is 1. The van der Waals surface area contributed by atoms with Crippen molar-refractivity contribution < 1.29 is 9.90 Å². The maximum Gasteiger partial charge on any atom is 0.314 e. The summed E-state index contributed by atoms with van der Waals surface area (Å²) in [7, 11) is 0. The highest BCUT2D eigenvalue weighted by molar-refractivity contribution is 7.13. The molecule has 0 radical (unpaired) electrons. The van der Waals surface area contributed by atoms with Gasteiger partial charge in [-0.2, -0.15) is 0 Å². The number of hydrogen-bond donors (Lipinski definition) is 2. The lowest BCUT2D eigenvalue weighted by Gasteiger charge is -1.98. The first-order valence-corrected chi connectivity index (χ1v) is 9.76. The Balaban J connectivity index is 1.58. The van der Waals surface area contributed by atoms with Gasteiger partial charge < -0.3 is 10.1 Å². The van der Waals surface area contributed by atoms with Crippen molar-refractivity contribution in [2.24, 2.45) is 10.2 Å². The Kier molecular flexibility index (Phi) is 4.75. The third kappa shape index (κ3) is 3.32. The molecule has 0 aliphatic rings. The van der Waals surface area contributed by atoms with E-state index >= 15 is 0 Å². The number of azo groups is 1. The van der Waals surface area contributed by atoms with E-state index in [0.717, 1.165) is 28.1 Å². The van der Waals surface area contributed by atoms with Gasteiger partial charge in [0.05, 0.1) is 5.52 Å². The van der Waals surface area contributed by atoms with Crippen molar-refractivity contribution in [3.05, 3.63) is 64.7 Å². The molecule has 0 spiro atoms. The van der Waals surface area contributed by atoms with Crippen LogP contribution in [0.15, 0.2) is 58.1 Å². The average Bonchev–Trinajstić information content (AvgIpc) is 3.32. The van der Waals surface area contributed by atoms with Crippen molar-refractivity contribution in [2.75, 3.05) is 0 Å². The van der Waals surface area contributed by atoms with Gasteiger partial charge >= 0.3 is 5.91 Å². The van der Waals surface area contributed by atoms with E-state index in [-0.39, 0.29) is 17.3 Å². The number of aryl methyl sites for hydroxylation is 2. The number of aromatic nitrogens is 2. The Morgan fingerprint density at radius 3 is 2.75 bits per heavy atom. The quantitative estimate of drug-likeness (QED) is 0.432. The molecule has 0 unspecified atom stereocenters. The lowest BCUT2D eigenvalue weighted by molar-refractivity contribution is 0.0991. The van der Waals surface area contributed by atoms with Crippen LogP contribution in [0, 0.1) is 6.92 Å². The summed E-state index contributed by atoms with van der Waals surface area (Å²) in [6.45, 7) is 4.03. The molecule has 0 atom stereocenters. The monoisotopic (exact) mass is 390 g/mol. The number of para-hydroxylation sites is 1. The molecule has 4 rings (SSSR count). The summed E-state index contributed by atoms with van der Waals surface area (Å²) in [6, 6.07) is 13.7. The number of nitrogens with one attached hydrogen (secondary N) is 1. The number of hydrogen-bond acceptors (Lipinski definition) is 5. The molecule has 4 aromatic rings. The van der Waals surface area contributed by atoms with Crippen LogP contribution in [0.1, 0.15) is 28.5 Å². The van der Waals surface area contributed by atoms with E-state index in [9.17, 15) is 9.90 Å². The molecule has 0 saturated heterocycles. The predicted octanol–water partition coefficient (Wildman–Crippen LogP) is 5.79. The van der Waals surface area contributed by atoms with E-state index in [4.69, 9.17) is 0 Å². The van der Waals surface area contributed by atoms with Gasteiger partial charge in [-0.05, 0) is 24.5 Å². The predicted molar refractivity (Wildman–Crippen MR) is 110 cm³/mol. The molecule has 2 aromatic heterocycles. The minimum absolute atomic E-state index is 0.115. The molecule has 28 heavy (non-hydrogen) atoms. The van der Waals surface area contributed by atoms with Crippen LogP contribution in [0.5, 0.6) is 5.88 Å². The third-order valence-electron chi connectivity index (χ3n) is 4.57. The second-order valence-corrected chi connectivity index (χ2v) is 7.27. The van der Waals surface area contributed by atoms with Gasteiger partial charge in [-0.1, -0.05) is 49.4 Å². The molecule has 0 saturated carbocycles. The fourth-order valence-electron chi connectivity index (χ4n) is 2.97. The summed E-state index contributed by atoms with van der Waals surface area (Å²) >= 11 is 1.39. The Bertz CT molecular complexity index is 1190. The standard InChI is InChI=1S/C21H18N4O2S/c1-3-13-7-9-14(10-8-13)21-22-16(11-28-21)19(26)25-24-18-15-6-4-5-12(2)17(15)23-20(18)27/h4-11,23,27H,3H2,1-2H3. The number of fused-ring (bicyclic) bond motifs is 1. The SMILES string of the molecule is CCc1ccc(-c2nc(C(=O)N=Nc3c(O)[nH]c4c(C)cccc34)cs2)cc1. The van der Waals surface area contributed by atoms with Crippen molar-refractivity contribution in [3.63, 3.8) is 0 Å². The summed E-state index contributed by atoms with van der Waals surface area (Å²) in [5.74, 6) is -0.662. The number of carbonyl (C=O) groups is 1. The third-order valence-corrected chi connectivity index (χ3v) is 5.46. The maximum absolute atomic E-state index is 12.4. The van der Waals surface area contributed by atoms with Crippen molar-refractivity contribution in [1.29, 1.82) is 0 Å². The molecule has 1 amide bonds. The first-order chi connectivity index (χ1) is 13.6. The Hall–Kier alpha value is -3.32. The van der Waals surface area contributed by atoms with Gasteiger partial charge in [0.15, 0.2) is 5.69 Å². The van der Waals surface area contributed by atoms with Gasteiger partial charge in [0.2, 0.25) is 5.88 Å². The average molecular weight is 390 g/mol. The molecule has 0 fully saturated rings. The number of rotatable bonds is 4. The normalized spacial score (nSPS) is 11.5. The van der Waals surface area contributed by atoms with Crippen molar-refractivity contribution in [3.8, 4) is 16.5 Å². The molecular weight excluding hydrogens is 372 g/mol. The highest BCUT2D eigenvalue weighted by Crippen LogP contribution is 2.36. The van der Waals surface area contributed by atoms with E-state index in [1.54, 1.807) is 5.38 Å². The number of aromatic amines is 1. The van der Waals surface area contributed by atoms with Crippen LogP contribution in [0.3, 0.4) is 0 Å².